The lowest BCUT2D eigenvalue weighted by molar-refractivity contribution is -0.140. The van der Waals surface area contributed by atoms with Gasteiger partial charge in [-0.1, -0.05) is 49.9 Å². The van der Waals surface area contributed by atoms with Crippen LogP contribution >= 0.6 is 11.6 Å². The van der Waals surface area contributed by atoms with E-state index in [4.69, 9.17) is 16.3 Å². The maximum Gasteiger partial charge on any atom is 0.416 e. The summed E-state index contributed by atoms with van der Waals surface area (Å²) >= 11 is 6.14. The molecule has 1 saturated carbocycles. The first-order valence-electron chi connectivity index (χ1n) is 13.3. The number of ether oxygens (including phenoxy) is 1. The molecule has 1 N–H and O–H groups in total. The molecule has 8 nitrogen and oxygen atoms in total. The molecule has 0 aromatic heterocycles. The lowest BCUT2D eigenvalue weighted by Gasteiger charge is -2.34. The van der Waals surface area contributed by atoms with Gasteiger partial charge in [-0.2, -0.15) is 13.2 Å². The second-order valence-electron chi connectivity index (χ2n) is 10.1. The van der Waals surface area contributed by atoms with Crippen molar-refractivity contribution in [1.29, 1.82) is 0 Å². The maximum absolute atomic E-state index is 13.8. The van der Waals surface area contributed by atoms with Gasteiger partial charge in [-0.3, -0.25) is 13.9 Å². The molecule has 1 aliphatic rings. The van der Waals surface area contributed by atoms with Crippen LogP contribution in [-0.2, 0) is 32.3 Å². The predicted molar refractivity (Wildman–Crippen MR) is 151 cm³/mol. The van der Waals surface area contributed by atoms with Gasteiger partial charge in [0, 0.05) is 12.6 Å². The Labute approximate surface area is 243 Å². The summed E-state index contributed by atoms with van der Waals surface area (Å²) in [6, 6.07) is 8.07. The van der Waals surface area contributed by atoms with Gasteiger partial charge in [0.05, 0.1) is 29.6 Å². The highest BCUT2D eigenvalue weighted by atomic mass is 35.5. The van der Waals surface area contributed by atoms with Gasteiger partial charge in [0.2, 0.25) is 21.8 Å². The summed E-state index contributed by atoms with van der Waals surface area (Å²) in [5.74, 6) is -0.564. The monoisotopic (exact) mass is 617 g/mol. The quantitative estimate of drug-likeness (QED) is 0.365. The van der Waals surface area contributed by atoms with Crippen LogP contribution in [0, 0.1) is 0 Å². The maximum atomic E-state index is 13.8. The van der Waals surface area contributed by atoms with Crippen molar-refractivity contribution < 1.29 is 35.9 Å². The third kappa shape index (κ3) is 8.75. The van der Waals surface area contributed by atoms with Crippen LogP contribution in [-0.4, -0.2) is 57.1 Å². The van der Waals surface area contributed by atoms with E-state index in [0.29, 0.717) is 21.7 Å². The Morgan fingerprint density at radius 2 is 1.73 bits per heavy atom. The van der Waals surface area contributed by atoms with E-state index in [2.05, 4.69) is 5.32 Å². The van der Waals surface area contributed by atoms with E-state index in [0.717, 1.165) is 50.5 Å². The lowest BCUT2D eigenvalue weighted by Crippen LogP contribution is -2.54. The number of nitrogens with zero attached hydrogens (tertiary/aromatic N) is 2. The van der Waals surface area contributed by atoms with Crippen LogP contribution < -0.4 is 14.4 Å². The molecule has 0 heterocycles. The number of carbonyl (C=O) groups is 2. The molecule has 2 aromatic rings. The fourth-order valence-electron chi connectivity index (χ4n) is 4.87. The van der Waals surface area contributed by atoms with Crippen molar-refractivity contribution in [3.8, 4) is 5.75 Å². The zero-order valence-corrected chi connectivity index (χ0v) is 24.8. The average Bonchev–Trinajstić information content (AvgIpc) is 2.91. The van der Waals surface area contributed by atoms with Crippen LogP contribution in [0.2, 0.25) is 5.02 Å². The number of hydrogen-bond donors (Lipinski definition) is 1. The van der Waals surface area contributed by atoms with E-state index in [-0.39, 0.29) is 29.9 Å². The zero-order chi connectivity index (χ0) is 30.4. The molecular formula is C28H35ClF3N3O5S. The van der Waals surface area contributed by atoms with Crippen molar-refractivity contribution in [3.63, 3.8) is 0 Å². The molecule has 13 heteroatoms. The van der Waals surface area contributed by atoms with Crippen LogP contribution in [0.3, 0.4) is 0 Å². The molecule has 1 aliphatic carbocycles. The molecule has 1 unspecified atom stereocenters. The Morgan fingerprint density at radius 3 is 2.27 bits per heavy atom. The highest BCUT2D eigenvalue weighted by molar-refractivity contribution is 7.92. The van der Waals surface area contributed by atoms with Gasteiger partial charge in [0.25, 0.3) is 0 Å². The summed E-state index contributed by atoms with van der Waals surface area (Å²) in [7, 11) is -2.77. The van der Waals surface area contributed by atoms with Crippen molar-refractivity contribution in [3.05, 3.63) is 58.6 Å². The van der Waals surface area contributed by atoms with E-state index in [1.54, 1.807) is 31.2 Å². The first kappa shape index (κ1) is 32.5. The largest absolute Gasteiger partial charge is 0.497 e. The van der Waals surface area contributed by atoms with Crippen LogP contribution in [0.15, 0.2) is 42.5 Å². The third-order valence-corrected chi connectivity index (χ3v) is 8.52. The second-order valence-corrected chi connectivity index (χ2v) is 12.4. The van der Waals surface area contributed by atoms with E-state index in [9.17, 15) is 31.2 Å². The topological polar surface area (TPSA) is 96.0 Å². The highest BCUT2D eigenvalue weighted by Gasteiger charge is 2.35. The smallest absolute Gasteiger partial charge is 0.416 e. The minimum Gasteiger partial charge on any atom is -0.497 e. The van der Waals surface area contributed by atoms with E-state index >= 15 is 0 Å². The minimum absolute atomic E-state index is 0.0281. The second kappa shape index (κ2) is 13.8. The first-order chi connectivity index (χ1) is 19.2. The fraction of sp³-hybridized carbons (Fsp3) is 0.500. The Hall–Kier alpha value is -2.99. The normalized spacial score (nSPS) is 15.2. The predicted octanol–water partition coefficient (Wildman–Crippen LogP) is 5.39. The molecule has 0 aliphatic heterocycles. The van der Waals surface area contributed by atoms with Crippen molar-refractivity contribution >= 4 is 39.1 Å². The van der Waals surface area contributed by atoms with Crippen LogP contribution in [0.4, 0.5) is 18.9 Å². The summed E-state index contributed by atoms with van der Waals surface area (Å²) in [5, 5.41) is 2.75. The molecule has 0 radical (unpaired) electrons. The molecule has 3 rings (SSSR count). The van der Waals surface area contributed by atoms with Gasteiger partial charge >= 0.3 is 6.18 Å². The average molecular weight is 618 g/mol. The van der Waals surface area contributed by atoms with E-state index < -0.39 is 45.9 Å². The zero-order valence-electron chi connectivity index (χ0n) is 23.2. The Kier molecular flexibility index (Phi) is 10.9. The summed E-state index contributed by atoms with van der Waals surface area (Å²) in [6.07, 6.45) is 0.938. The number of hydrogen-bond acceptors (Lipinski definition) is 5. The number of alkyl halides is 3. The van der Waals surface area contributed by atoms with Crippen LogP contribution in [0.1, 0.15) is 56.6 Å². The first-order valence-corrected chi connectivity index (χ1v) is 15.5. The summed E-state index contributed by atoms with van der Waals surface area (Å²) in [5.41, 5.74) is -0.959. The molecular weight excluding hydrogens is 583 g/mol. The molecule has 0 spiro atoms. The van der Waals surface area contributed by atoms with Crippen molar-refractivity contribution in [2.24, 2.45) is 0 Å². The van der Waals surface area contributed by atoms with Crippen molar-refractivity contribution in [2.75, 3.05) is 24.2 Å². The highest BCUT2D eigenvalue weighted by Crippen LogP contribution is 2.36. The molecule has 41 heavy (non-hydrogen) atoms. The third-order valence-electron chi connectivity index (χ3n) is 7.07. The Balaban J connectivity index is 1.98. The fourth-order valence-corrected chi connectivity index (χ4v) is 5.99. The van der Waals surface area contributed by atoms with E-state index in [1.807, 2.05) is 0 Å². The van der Waals surface area contributed by atoms with Crippen molar-refractivity contribution in [2.45, 2.75) is 70.3 Å². The van der Waals surface area contributed by atoms with Crippen LogP contribution in [0.25, 0.3) is 0 Å². The molecule has 1 fully saturated rings. The summed E-state index contributed by atoms with van der Waals surface area (Å²) in [4.78, 5) is 28.5. The number of sulfonamides is 1. The molecule has 0 bridgehead atoms. The molecule has 226 valence electrons. The Morgan fingerprint density at radius 1 is 1.10 bits per heavy atom. The summed E-state index contributed by atoms with van der Waals surface area (Å²) in [6.45, 7) is 0.827. The number of amides is 2. The van der Waals surface area contributed by atoms with Crippen molar-refractivity contribution in [1.82, 2.24) is 10.2 Å². The van der Waals surface area contributed by atoms with Gasteiger partial charge in [-0.15, -0.1) is 0 Å². The Bertz CT molecular complexity index is 1320. The SMILES string of the molecule is CCC(C(=O)NC1CCCCC1)N(Cc1ccc(OC)cc1)C(=O)CN(c1cc(C(F)(F)F)ccc1Cl)S(C)(=O)=O. The van der Waals surface area contributed by atoms with Gasteiger partial charge in [-0.25, -0.2) is 8.42 Å². The minimum atomic E-state index is -4.77. The summed E-state index contributed by atoms with van der Waals surface area (Å²) < 4.78 is 71.6. The molecule has 0 saturated heterocycles. The molecule has 1 atom stereocenters. The van der Waals surface area contributed by atoms with Gasteiger partial charge in [0.1, 0.15) is 18.3 Å². The number of nitrogens with one attached hydrogen (secondary N) is 1. The number of halogens is 4. The molecule has 2 aromatic carbocycles. The van der Waals surface area contributed by atoms with Gasteiger partial charge in [0.15, 0.2) is 0 Å². The van der Waals surface area contributed by atoms with Gasteiger partial charge in [-0.05, 0) is 55.2 Å². The standard InChI is InChI=1S/C28H35ClF3N3O5S/c1-4-24(27(37)33-21-8-6-5-7-9-21)34(17-19-10-13-22(40-2)14-11-19)26(36)18-35(41(3,38)39)25-16-20(28(30,31)32)12-15-23(25)29/h10-16,21,24H,4-9,17-18H2,1-3H3,(H,33,37). The number of carbonyl (C=O) groups excluding carboxylic acids is 2. The number of rotatable bonds is 11. The number of methoxy groups -OCH3 is 1. The lowest BCUT2D eigenvalue weighted by atomic mass is 9.95. The van der Waals surface area contributed by atoms with E-state index in [1.165, 1.54) is 12.0 Å². The van der Waals surface area contributed by atoms with Crippen LogP contribution in [0.5, 0.6) is 5.75 Å². The number of benzene rings is 2. The number of anilines is 1. The molecule has 2 amide bonds. The van der Waals surface area contributed by atoms with Gasteiger partial charge < -0.3 is 15.0 Å².